The largest absolute Gasteiger partial charge is 0.272 e. The summed E-state index contributed by atoms with van der Waals surface area (Å²) in [7, 11) is 0. The summed E-state index contributed by atoms with van der Waals surface area (Å²) < 4.78 is 2.41. The van der Waals surface area contributed by atoms with Gasteiger partial charge in [0.05, 0.1) is 28.6 Å². The molecule has 32 heavy (non-hydrogen) atoms. The lowest BCUT2D eigenvalue weighted by molar-refractivity contribution is -0.118. The van der Waals surface area contributed by atoms with Crippen LogP contribution >= 0.6 is 39.3 Å². The van der Waals surface area contributed by atoms with Gasteiger partial charge in [-0.25, -0.2) is 10.4 Å². The average molecular weight is 528 g/mol. The van der Waals surface area contributed by atoms with E-state index in [2.05, 4.69) is 31.4 Å². The van der Waals surface area contributed by atoms with E-state index in [9.17, 15) is 9.59 Å². The zero-order chi connectivity index (χ0) is 22.5. The molecule has 0 fully saturated rings. The van der Waals surface area contributed by atoms with Gasteiger partial charge in [0, 0.05) is 9.50 Å². The predicted octanol–water partition coefficient (Wildman–Crippen LogP) is 5.04. The lowest BCUT2D eigenvalue weighted by atomic mass is 10.2. The molecule has 1 heterocycles. The van der Waals surface area contributed by atoms with Crippen LogP contribution in [0.1, 0.15) is 5.56 Å². The second-order valence-corrected chi connectivity index (χ2v) is 8.96. The SMILES string of the molecule is O=C(CSc1nc2ccccc2c(=O)n1-c1ccc(Cl)cc1)NN=Cc1cccc(Br)c1. The van der Waals surface area contributed by atoms with Gasteiger partial charge in [-0.05, 0) is 54.1 Å². The summed E-state index contributed by atoms with van der Waals surface area (Å²) in [5.41, 5.74) is 4.32. The fourth-order valence-electron chi connectivity index (χ4n) is 2.96. The molecular weight excluding hydrogens is 512 g/mol. The number of para-hydroxylation sites is 1. The molecule has 0 aliphatic heterocycles. The molecule has 3 aromatic carbocycles. The zero-order valence-electron chi connectivity index (χ0n) is 16.5. The summed E-state index contributed by atoms with van der Waals surface area (Å²) in [5.74, 6) is -0.278. The summed E-state index contributed by atoms with van der Waals surface area (Å²) in [6, 6.07) is 21.6. The van der Waals surface area contributed by atoms with Gasteiger partial charge in [-0.15, -0.1) is 0 Å². The Morgan fingerprint density at radius 1 is 1.12 bits per heavy atom. The number of carbonyl (C=O) groups excluding carboxylic acids is 1. The number of hydrogen-bond acceptors (Lipinski definition) is 5. The maximum absolute atomic E-state index is 13.2. The number of rotatable bonds is 6. The second-order valence-electron chi connectivity index (χ2n) is 6.67. The average Bonchev–Trinajstić information content (AvgIpc) is 2.79. The van der Waals surface area contributed by atoms with E-state index >= 15 is 0 Å². The van der Waals surface area contributed by atoms with Crippen molar-refractivity contribution in [3.8, 4) is 5.69 Å². The number of aromatic nitrogens is 2. The quantitative estimate of drug-likeness (QED) is 0.165. The first-order valence-corrected chi connectivity index (χ1v) is 11.6. The molecule has 0 aliphatic rings. The van der Waals surface area contributed by atoms with E-state index in [-0.39, 0.29) is 17.2 Å². The van der Waals surface area contributed by atoms with E-state index in [1.54, 1.807) is 48.7 Å². The summed E-state index contributed by atoms with van der Waals surface area (Å²) >= 11 is 10.6. The van der Waals surface area contributed by atoms with Gasteiger partial charge in [0.1, 0.15) is 0 Å². The Morgan fingerprint density at radius 2 is 1.91 bits per heavy atom. The molecule has 0 spiro atoms. The van der Waals surface area contributed by atoms with Crippen LogP contribution in [0.4, 0.5) is 0 Å². The van der Waals surface area contributed by atoms with Gasteiger partial charge in [0.25, 0.3) is 11.5 Å². The summed E-state index contributed by atoms with van der Waals surface area (Å²) in [4.78, 5) is 30.1. The molecule has 0 aliphatic carbocycles. The third kappa shape index (κ3) is 5.27. The Labute approximate surface area is 201 Å². The first kappa shape index (κ1) is 22.3. The van der Waals surface area contributed by atoms with E-state index in [4.69, 9.17) is 11.6 Å². The summed E-state index contributed by atoms with van der Waals surface area (Å²) in [6.45, 7) is 0. The van der Waals surface area contributed by atoms with Crippen molar-refractivity contribution >= 4 is 62.3 Å². The lowest BCUT2D eigenvalue weighted by Gasteiger charge is -2.13. The number of benzene rings is 3. The molecule has 1 aromatic heterocycles. The van der Waals surface area contributed by atoms with Crippen molar-refractivity contribution in [2.45, 2.75) is 5.16 Å². The Hall–Kier alpha value is -2.94. The Morgan fingerprint density at radius 3 is 2.69 bits per heavy atom. The number of carbonyl (C=O) groups is 1. The number of nitrogens with zero attached hydrogens (tertiary/aromatic N) is 3. The monoisotopic (exact) mass is 526 g/mol. The molecule has 4 aromatic rings. The van der Waals surface area contributed by atoms with E-state index in [1.807, 2.05) is 30.3 Å². The minimum atomic E-state index is -0.314. The number of halogens is 2. The fourth-order valence-corrected chi connectivity index (χ4v) is 4.30. The first-order valence-electron chi connectivity index (χ1n) is 9.49. The fraction of sp³-hybridized carbons (Fsp3) is 0.0435. The van der Waals surface area contributed by atoms with Gasteiger partial charge in [-0.2, -0.15) is 5.10 Å². The van der Waals surface area contributed by atoms with Gasteiger partial charge in [0.2, 0.25) is 0 Å². The highest BCUT2D eigenvalue weighted by Gasteiger charge is 2.14. The van der Waals surface area contributed by atoms with Crippen molar-refractivity contribution in [3.05, 3.63) is 98.2 Å². The van der Waals surface area contributed by atoms with Crippen LogP contribution in [0.15, 0.2) is 92.3 Å². The van der Waals surface area contributed by atoms with Gasteiger partial charge >= 0.3 is 0 Å². The van der Waals surface area contributed by atoms with Crippen LogP contribution in [-0.2, 0) is 4.79 Å². The van der Waals surface area contributed by atoms with Crippen molar-refractivity contribution in [1.82, 2.24) is 15.0 Å². The van der Waals surface area contributed by atoms with Crippen LogP contribution in [0.3, 0.4) is 0 Å². The Balaban J connectivity index is 1.56. The summed E-state index contributed by atoms with van der Waals surface area (Å²) in [5, 5.41) is 5.45. The highest BCUT2D eigenvalue weighted by Crippen LogP contribution is 2.22. The van der Waals surface area contributed by atoms with Crippen molar-refractivity contribution in [3.63, 3.8) is 0 Å². The standard InChI is InChI=1S/C23H16BrClN4O2S/c24-16-5-3-4-15(12-16)13-26-28-21(30)14-32-23-27-20-7-2-1-6-19(20)22(31)29(23)18-10-8-17(25)9-11-18/h1-13H,14H2,(H,28,30). The molecule has 4 rings (SSSR count). The summed E-state index contributed by atoms with van der Waals surface area (Å²) in [6.07, 6.45) is 1.56. The molecule has 1 N–H and O–H groups in total. The normalized spacial score (nSPS) is 11.2. The van der Waals surface area contributed by atoms with Gasteiger partial charge < -0.3 is 0 Å². The van der Waals surface area contributed by atoms with Gasteiger partial charge in [0.15, 0.2) is 5.16 Å². The first-order chi connectivity index (χ1) is 15.5. The Bertz CT molecular complexity index is 1370. The number of thioether (sulfide) groups is 1. The number of nitrogens with one attached hydrogen (secondary N) is 1. The number of amides is 1. The molecule has 0 saturated heterocycles. The van der Waals surface area contributed by atoms with E-state index in [0.717, 1.165) is 21.8 Å². The molecule has 0 radical (unpaired) electrons. The number of hydrogen-bond donors (Lipinski definition) is 1. The minimum absolute atomic E-state index is 0.0359. The van der Waals surface area contributed by atoms with E-state index in [0.29, 0.717) is 26.8 Å². The topological polar surface area (TPSA) is 76.3 Å². The van der Waals surface area contributed by atoms with Crippen LogP contribution in [0.5, 0.6) is 0 Å². The molecule has 6 nitrogen and oxygen atoms in total. The van der Waals surface area contributed by atoms with E-state index in [1.165, 1.54) is 4.57 Å². The van der Waals surface area contributed by atoms with Crippen LogP contribution in [0.25, 0.3) is 16.6 Å². The maximum atomic E-state index is 13.2. The predicted molar refractivity (Wildman–Crippen MR) is 133 cm³/mol. The third-order valence-corrected chi connectivity index (χ3v) is 6.10. The van der Waals surface area contributed by atoms with Crippen LogP contribution in [-0.4, -0.2) is 27.4 Å². The van der Waals surface area contributed by atoms with Crippen molar-refractivity contribution < 1.29 is 4.79 Å². The Kier molecular flexibility index (Phi) is 7.04. The highest BCUT2D eigenvalue weighted by molar-refractivity contribution is 9.10. The number of fused-ring (bicyclic) bond motifs is 1. The van der Waals surface area contributed by atoms with Crippen LogP contribution in [0.2, 0.25) is 5.02 Å². The maximum Gasteiger partial charge on any atom is 0.266 e. The minimum Gasteiger partial charge on any atom is -0.272 e. The molecule has 1 amide bonds. The van der Waals surface area contributed by atoms with Gasteiger partial charge in [-0.3, -0.25) is 14.2 Å². The molecular formula is C23H16BrClN4O2S. The number of hydrazone groups is 1. The lowest BCUT2D eigenvalue weighted by Crippen LogP contribution is -2.24. The van der Waals surface area contributed by atoms with E-state index < -0.39 is 0 Å². The molecule has 0 saturated carbocycles. The second kappa shape index (κ2) is 10.1. The molecule has 0 bridgehead atoms. The molecule has 0 unspecified atom stereocenters. The third-order valence-electron chi connectivity index (χ3n) is 4.41. The van der Waals surface area contributed by atoms with Crippen LogP contribution < -0.4 is 11.0 Å². The molecule has 160 valence electrons. The smallest absolute Gasteiger partial charge is 0.266 e. The highest BCUT2D eigenvalue weighted by atomic mass is 79.9. The van der Waals surface area contributed by atoms with Crippen molar-refractivity contribution in [1.29, 1.82) is 0 Å². The molecule has 0 atom stereocenters. The molecule has 9 heteroatoms. The van der Waals surface area contributed by atoms with Crippen LogP contribution in [0, 0.1) is 0 Å². The zero-order valence-corrected chi connectivity index (χ0v) is 19.7. The van der Waals surface area contributed by atoms with Crippen molar-refractivity contribution in [2.75, 3.05) is 5.75 Å². The van der Waals surface area contributed by atoms with Crippen molar-refractivity contribution in [2.24, 2.45) is 5.10 Å². The van der Waals surface area contributed by atoms with Gasteiger partial charge in [-0.1, -0.05) is 63.6 Å².